The zero-order valence-electron chi connectivity index (χ0n) is 25.5. The number of aliphatic hydroxyl groups is 8. The lowest BCUT2D eigenvalue weighted by Gasteiger charge is -2.46. The monoisotopic (exact) mass is 623 g/mol. The van der Waals surface area contributed by atoms with Crippen molar-refractivity contribution in [2.75, 3.05) is 19.8 Å². The Labute approximate surface area is 255 Å². The molecule has 0 spiro atoms. The van der Waals surface area contributed by atoms with E-state index in [2.05, 4.69) is 6.92 Å². The molecule has 13 heteroatoms. The van der Waals surface area contributed by atoms with Gasteiger partial charge in [-0.1, -0.05) is 83.3 Å². The smallest absolute Gasteiger partial charge is 0.187 e. The fourth-order valence-corrected chi connectivity index (χ4v) is 5.30. The molecular formula is C30H57NO12. The summed E-state index contributed by atoms with van der Waals surface area (Å²) in [6.07, 6.45) is 1.80. The molecule has 2 saturated heterocycles. The van der Waals surface area contributed by atoms with E-state index in [1.54, 1.807) is 6.08 Å². The molecule has 0 amide bonds. The lowest BCUT2D eigenvalue weighted by atomic mass is 9.97. The number of nitrogens with two attached hydrogens (primary N) is 1. The van der Waals surface area contributed by atoms with Gasteiger partial charge in [0.05, 0.1) is 32.0 Å². The summed E-state index contributed by atoms with van der Waals surface area (Å²) in [4.78, 5) is 0. The van der Waals surface area contributed by atoms with Crippen LogP contribution in [0, 0.1) is 0 Å². The predicted molar refractivity (Wildman–Crippen MR) is 157 cm³/mol. The predicted octanol–water partition coefficient (Wildman–Crippen LogP) is -0.427. The Morgan fingerprint density at radius 1 is 0.698 bits per heavy atom. The molecule has 0 bridgehead atoms. The molecule has 43 heavy (non-hydrogen) atoms. The molecule has 0 aromatic rings. The number of allylic oxidation sites excluding steroid dienone is 1. The van der Waals surface area contributed by atoms with E-state index in [9.17, 15) is 40.9 Å². The molecule has 0 aliphatic carbocycles. The molecule has 12 atom stereocenters. The summed E-state index contributed by atoms with van der Waals surface area (Å²) >= 11 is 0. The summed E-state index contributed by atoms with van der Waals surface area (Å²) in [5.74, 6) is 0. The molecule has 2 fully saturated rings. The van der Waals surface area contributed by atoms with E-state index < -0.39 is 86.8 Å². The van der Waals surface area contributed by atoms with Gasteiger partial charge in [-0.3, -0.25) is 0 Å². The van der Waals surface area contributed by atoms with Gasteiger partial charge in [0.1, 0.15) is 48.8 Å². The first-order valence-corrected chi connectivity index (χ1v) is 16.0. The summed E-state index contributed by atoms with van der Waals surface area (Å²) in [6, 6.07) is -0.850. The number of hydrogen-bond donors (Lipinski definition) is 9. The number of ether oxygens (including phenoxy) is 4. The molecule has 10 N–H and O–H groups in total. The lowest BCUT2D eigenvalue weighted by Crippen LogP contribution is -2.64. The van der Waals surface area contributed by atoms with Gasteiger partial charge in [-0.2, -0.15) is 0 Å². The van der Waals surface area contributed by atoms with Crippen molar-refractivity contribution < 1.29 is 59.8 Å². The molecule has 0 aromatic heterocycles. The second-order valence-corrected chi connectivity index (χ2v) is 11.7. The maximum atomic E-state index is 10.7. The minimum atomic E-state index is -1.75. The Balaban J connectivity index is 1.70. The van der Waals surface area contributed by atoms with Gasteiger partial charge in [0, 0.05) is 0 Å². The minimum absolute atomic E-state index is 0.227. The Hall–Kier alpha value is -0.780. The van der Waals surface area contributed by atoms with Gasteiger partial charge in [-0.05, 0) is 12.8 Å². The average Bonchev–Trinajstić information content (AvgIpc) is 3.01. The third-order valence-electron chi connectivity index (χ3n) is 8.16. The summed E-state index contributed by atoms with van der Waals surface area (Å²) in [5, 5.41) is 81.0. The topological polar surface area (TPSA) is 225 Å². The maximum absolute atomic E-state index is 10.7. The molecule has 0 radical (unpaired) electrons. The van der Waals surface area contributed by atoms with Crippen molar-refractivity contribution in [3.63, 3.8) is 0 Å². The highest BCUT2D eigenvalue weighted by atomic mass is 16.7. The first-order chi connectivity index (χ1) is 20.7. The van der Waals surface area contributed by atoms with Crippen LogP contribution in [0.25, 0.3) is 0 Å². The summed E-state index contributed by atoms with van der Waals surface area (Å²) in [7, 11) is 0. The van der Waals surface area contributed by atoms with Crippen molar-refractivity contribution in [1.29, 1.82) is 0 Å². The standard InChI is InChI=1S/C30H57NO12/c1-2-3-4-5-6-7-8-9-10-11-12-13-14-15-20(34)19(31)18-40-29-27(39)25(37)28(22(17-33)42-29)43-30-26(38)24(36)23(35)21(16-32)41-30/h14-15,19-30,32-39H,2-13,16-18,31H2,1H3/b15-14+/t19-,20+,21+,22+,23+,24-,25+,26+,27+,28+,29-,30-/m0/s1. The third-order valence-corrected chi connectivity index (χ3v) is 8.16. The molecule has 0 saturated carbocycles. The van der Waals surface area contributed by atoms with Gasteiger partial charge in [0.25, 0.3) is 0 Å². The quantitative estimate of drug-likeness (QED) is 0.0585. The molecule has 13 nitrogen and oxygen atoms in total. The van der Waals surface area contributed by atoms with Gasteiger partial charge in [-0.25, -0.2) is 0 Å². The van der Waals surface area contributed by atoms with E-state index >= 15 is 0 Å². The highest BCUT2D eigenvalue weighted by Crippen LogP contribution is 2.29. The fraction of sp³-hybridized carbons (Fsp3) is 0.933. The van der Waals surface area contributed by atoms with Crippen LogP contribution >= 0.6 is 0 Å². The average molecular weight is 624 g/mol. The highest BCUT2D eigenvalue weighted by molar-refractivity contribution is 4.96. The molecule has 0 aromatic carbocycles. The summed E-state index contributed by atoms with van der Waals surface area (Å²) in [6.45, 7) is 0.641. The fourth-order valence-electron chi connectivity index (χ4n) is 5.30. The summed E-state index contributed by atoms with van der Waals surface area (Å²) in [5.41, 5.74) is 6.04. The zero-order valence-corrected chi connectivity index (χ0v) is 25.5. The normalized spacial score (nSPS) is 34.9. The number of hydrogen-bond acceptors (Lipinski definition) is 13. The van der Waals surface area contributed by atoms with E-state index in [1.807, 2.05) is 6.08 Å². The van der Waals surface area contributed by atoms with Crippen LogP contribution in [0.2, 0.25) is 0 Å². The Kier molecular flexibility index (Phi) is 18.8. The van der Waals surface area contributed by atoms with Crippen molar-refractivity contribution in [3.05, 3.63) is 12.2 Å². The number of unbranched alkanes of at least 4 members (excludes halogenated alkanes) is 11. The minimum Gasteiger partial charge on any atom is -0.394 e. The van der Waals surface area contributed by atoms with Gasteiger partial charge < -0.3 is 65.5 Å². The van der Waals surface area contributed by atoms with Gasteiger partial charge >= 0.3 is 0 Å². The molecule has 2 aliphatic rings. The van der Waals surface area contributed by atoms with Crippen molar-refractivity contribution in [2.45, 2.75) is 158 Å². The van der Waals surface area contributed by atoms with Gasteiger partial charge in [0.15, 0.2) is 12.6 Å². The van der Waals surface area contributed by atoms with E-state index in [0.717, 1.165) is 19.3 Å². The Morgan fingerprint density at radius 2 is 1.23 bits per heavy atom. The van der Waals surface area contributed by atoms with Crippen molar-refractivity contribution in [3.8, 4) is 0 Å². The van der Waals surface area contributed by atoms with Crippen molar-refractivity contribution in [2.24, 2.45) is 5.73 Å². The lowest BCUT2D eigenvalue weighted by molar-refractivity contribution is -0.359. The van der Waals surface area contributed by atoms with E-state index in [0.29, 0.717) is 0 Å². The largest absolute Gasteiger partial charge is 0.394 e. The van der Waals surface area contributed by atoms with Crippen LogP contribution in [0.3, 0.4) is 0 Å². The molecule has 2 aliphatic heterocycles. The van der Waals surface area contributed by atoms with Crippen LogP contribution in [0.4, 0.5) is 0 Å². The molecule has 2 heterocycles. The van der Waals surface area contributed by atoms with Gasteiger partial charge in [0.2, 0.25) is 0 Å². The molecule has 0 unspecified atom stereocenters. The Morgan fingerprint density at radius 3 is 1.81 bits per heavy atom. The van der Waals surface area contributed by atoms with E-state index in [1.165, 1.54) is 57.8 Å². The van der Waals surface area contributed by atoms with Crippen LogP contribution in [-0.2, 0) is 18.9 Å². The molecule has 254 valence electrons. The highest BCUT2D eigenvalue weighted by Gasteiger charge is 2.50. The van der Waals surface area contributed by atoms with Gasteiger partial charge in [-0.15, -0.1) is 0 Å². The van der Waals surface area contributed by atoms with Crippen LogP contribution in [0.5, 0.6) is 0 Å². The summed E-state index contributed by atoms with van der Waals surface area (Å²) < 4.78 is 21.9. The number of aliphatic hydroxyl groups excluding tert-OH is 8. The number of rotatable bonds is 21. The van der Waals surface area contributed by atoms with Crippen LogP contribution < -0.4 is 5.73 Å². The van der Waals surface area contributed by atoms with E-state index in [4.69, 9.17) is 24.7 Å². The first kappa shape index (κ1) is 38.4. The second-order valence-electron chi connectivity index (χ2n) is 11.7. The second kappa shape index (κ2) is 21.1. The Bertz CT molecular complexity index is 744. The molecule has 2 rings (SSSR count). The molecular weight excluding hydrogens is 566 g/mol. The maximum Gasteiger partial charge on any atom is 0.187 e. The third kappa shape index (κ3) is 12.5. The van der Waals surface area contributed by atoms with Crippen molar-refractivity contribution >= 4 is 0 Å². The SMILES string of the molecule is CCCCCCCCCCCCC/C=C/[C@@H](O)[C@@H](N)CO[C@H]1O[C@H](CO)[C@@H](O[C@@H]2O[C@H](CO)[C@@H](O)[C@H](O)[C@H]2O)[C@H](O)[C@H]1O. The van der Waals surface area contributed by atoms with Crippen molar-refractivity contribution in [1.82, 2.24) is 0 Å². The van der Waals surface area contributed by atoms with E-state index in [-0.39, 0.29) is 6.61 Å². The van der Waals surface area contributed by atoms with Crippen LogP contribution in [0.1, 0.15) is 84.0 Å². The first-order valence-electron chi connectivity index (χ1n) is 16.0. The zero-order chi connectivity index (χ0) is 31.8. The van der Waals surface area contributed by atoms with Crippen LogP contribution in [0.15, 0.2) is 12.2 Å². The van der Waals surface area contributed by atoms with Crippen LogP contribution in [-0.4, -0.2) is 134 Å².